The Morgan fingerprint density at radius 1 is 0.517 bits per heavy atom. The topological polar surface area (TPSA) is 472 Å². The molecule has 11 amide bonds. The molecule has 27 heteroatoms. The summed E-state index contributed by atoms with van der Waals surface area (Å²) in [6.07, 6.45) is -0.849. The lowest BCUT2D eigenvalue weighted by Gasteiger charge is -2.24. The average Bonchev–Trinajstić information content (AvgIpc) is 3.17. The summed E-state index contributed by atoms with van der Waals surface area (Å²) >= 11 is 0. The van der Waals surface area contributed by atoms with Gasteiger partial charge in [0.1, 0.15) is 36.3 Å². The average molecular weight is 860 g/mol. The van der Waals surface area contributed by atoms with Crippen LogP contribution in [0, 0.1) is 0 Å². The van der Waals surface area contributed by atoms with Crippen molar-refractivity contribution in [2.24, 2.45) is 28.7 Å². The Balaban J connectivity index is 5.43. The molecular formula is C33H57N13O14. The molecule has 338 valence electrons. The highest BCUT2D eigenvalue weighted by atomic mass is 16.4. The monoisotopic (exact) mass is 859 g/mol. The van der Waals surface area contributed by atoms with Crippen LogP contribution in [0.25, 0.3) is 0 Å². The highest BCUT2D eigenvalue weighted by molar-refractivity contribution is 5.97. The van der Waals surface area contributed by atoms with E-state index in [1.165, 1.54) is 13.8 Å². The van der Waals surface area contributed by atoms with Crippen molar-refractivity contribution in [1.29, 1.82) is 0 Å². The lowest BCUT2D eigenvalue weighted by Crippen LogP contribution is -2.58. The first kappa shape index (κ1) is 53.5. The first-order chi connectivity index (χ1) is 28.0. The first-order valence-electron chi connectivity index (χ1n) is 18.5. The fourth-order valence-electron chi connectivity index (χ4n) is 4.75. The van der Waals surface area contributed by atoms with Crippen molar-refractivity contribution in [2.45, 2.75) is 108 Å². The summed E-state index contributed by atoms with van der Waals surface area (Å²) in [5.41, 5.74) is 26.5. The smallest absolute Gasteiger partial charge is 0.326 e. The van der Waals surface area contributed by atoms with E-state index in [0.717, 1.165) is 0 Å². The molecule has 20 N–H and O–H groups in total. The highest BCUT2D eigenvalue weighted by Gasteiger charge is 2.30. The zero-order valence-electron chi connectivity index (χ0n) is 33.2. The third-order valence-corrected chi connectivity index (χ3v) is 8.16. The standard InChI is InChI=1S/C33H57N13O14/c1-15(41-29(55)17(35)6-8-22(36)48)27(53)44-18(5-3-4-10-34)31(57)42-16(2)28(54)45-19(7-9-23(37)49)30(56)40-12-25(51)39-13-26(52)43-21(14-47)32(58)46-20(33(59)60)11-24(38)50/h15-21,47H,3-14,34-35H2,1-2H3,(H2,36,48)(H2,37,49)(H2,38,50)(H,39,51)(H,40,56)(H,41,55)(H,42,57)(H,43,52)(H,44,53)(H,45,54)(H,46,58)(H,59,60)/t15-,16-,17-,18-,19-,20-,21-/m0/s1. The summed E-state index contributed by atoms with van der Waals surface area (Å²) in [5, 5.41) is 36.5. The Labute approximate surface area is 343 Å². The molecule has 27 nitrogen and oxygen atoms in total. The van der Waals surface area contributed by atoms with Crippen LogP contribution < -0.4 is 71.2 Å². The molecule has 0 radical (unpaired) electrons. The van der Waals surface area contributed by atoms with E-state index < -0.39 is 146 Å². The number of amides is 11. The lowest BCUT2D eigenvalue weighted by atomic mass is 10.1. The van der Waals surface area contributed by atoms with E-state index in [2.05, 4.69) is 31.9 Å². The molecule has 0 rings (SSSR count). The van der Waals surface area contributed by atoms with Crippen LogP contribution >= 0.6 is 0 Å². The number of hydrogen-bond acceptors (Lipinski definition) is 15. The van der Waals surface area contributed by atoms with Crippen molar-refractivity contribution in [3.8, 4) is 0 Å². The van der Waals surface area contributed by atoms with Gasteiger partial charge in [0.25, 0.3) is 0 Å². The Hall–Kier alpha value is -6.48. The molecule has 0 aromatic heterocycles. The van der Waals surface area contributed by atoms with Gasteiger partial charge in [-0.2, -0.15) is 0 Å². The number of aliphatic carboxylic acids is 1. The number of hydrogen-bond donors (Lipinski definition) is 15. The van der Waals surface area contributed by atoms with Crippen molar-refractivity contribution in [3.63, 3.8) is 0 Å². The molecule has 0 aliphatic carbocycles. The van der Waals surface area contributed by atoms with Crippen LogP contribution in [-0.4, -0.2) is 150 Å². The maximum atomic E-state index is 13.3. The summed E-state index contributed by atoms with van der Waals surface area (Å²) in [7, 11) is 0. The molecule has 0 spiro atoms. The van der Waals surface area contributed by atoms with E-state index in [-0.39, 0.29) is 32.2 Å². The van der Waals surface area contributed by atoms with Crippen molar-refractivity contribution < 1.29 is 67.7 Å². The quantitative estimate of drug-likeness (QED) is 0.0298. The van der Waals surface area contributed by atoms with Gasteiger partial charge in [0.15, 0.2) is 0 Å². The zero-order valence-corrected chi connectivity index (χ0v) is 33.2. The van der Waals surface area contributed by atoms with Crippen LogP contribution in [0.4, 0.5) is 0 Å². The van der Waals surface area contributed by atoms with Crippen molar-refractivity contribution >= 4 is 70.9 Å². The fraction of sp³-hybridized carbons (Fsp3) is 0.636. The molecule has 0 bridgehead atoms. The molecule has 0 aromatic carbocycles. The van der Waals surface area contributed by atoms with Crippen LogP contribution in [-0.2, 0) is 57.5 Å². The van der Waals surface area contributed by atoms with Crippen LogP contribution in [0.15, 0.2) is 0 Å². The fourth-order valence-corrected chi connectivity index (χ4v) is 4.75. The van der Waals surface area contributed by atoms with Gasteiger partial charge in [0.2, 0.25) is 65.0 Å². The number of aliphatic hydroxyl groups is 1. The van der Waals surface area contributed by atoms with E-state index in [1.807, 2.05) is 10.6 Å². The number of rotatable bonds is 30. The third kappa shape index (κ3) is 22.5. The molecule has 0 aliphatic rings. The van der Waals surface area contributed by atoms with Gasteiger partial charge in [-0.25, -0.2) is 4.79 Å². The van der Waals surface area contributed by atoms with E-state index in [1.54, 1.807) is 0 Å². The second kappa shape index (κ2) is 28.0. The number of nitrogens with one attached hydrogen (secondary N) is 8. The van der Waals surface area contributed by atoms with Crippen molar-refractivity contribution in [2.75, 3.05) is 26.2 Å². The van der Waals surface area contributed by atoms with E-state index in [0.29, 0.717) is 12.8 Å². The Kier molecular flexibility index (Phi) is 25.0. The van der Waals surface area contributed by atoms with Gasteiger partial charge in [-0.1, -0.05) is 0 Å². The van der Waals surface area contributed by atoms with Crippen LogP contribution in [0.1, 0.15) is 65.2 Å². The number of carboxylic acid groups (broad SMARTS) is 1. The third-order valence-electron chi connectivity index (χ3n) is 8.16. The molecule has 0 heterocycles. The van der Waals surface area contributed by atoms with E-state index in [9.17, 15) is 62.6 Å². The van der Waals surface area contributed by atoms with Gasteiger partial charge < -0.3 is 81.4 Å². The normalized spacial score (nSPS) is 14.2. The van der Waals surface area contributed by atoms with Gasteiger partial charge in [-0.15, -0.1) is 0 Å². The Morgan fingerprint density at radius 2 is 1.00 bits per heavy atom. The molecule has 0 saturated carbocycles. The Bertz CT molecular complexity index is 1580. The van der Waals surface area contributed by atoms with Gasteiger partial charge in [0, 0.05) is 12.8 Å². The minimum Gasteiger partial charge on any atom is -0.480 e. The largest absolute Gasteiger partial charge is 0.480 e. The first-order valence-corrected chi connectivity index (χ1v) is 18.5. The summed E-state index contributed by atoms with van der Waals surface area (Å²) in [6, 6.07) is -9.81. The number of carboxylic acids is 1. The van der Waals surface area contributed by atoms with Gasteiger partial charge >= 0.3 is 5.97 Å². The molecule has 0 fully saturated rings. The number of nitrogens with two attached hydrogens (primary N) is 5. The zero-order chi connectivity index (χ0) is 46.1. The summed E-state index contributed by atoms with van der Waals surface area (Å²) in [4.78, 5) is 146. The summed E-state index contributed by atoms with van der Waals surface area (Å²) in [6.45, 7) is 0.269. The predicted molar refractivity (Wildman–Crippen MR) is 205 cm³/mol. The van der Waals surface area contributed by atoms with E-state index >= 15 is 0 Å². The molecule has 0 saturated heterocycles. The predicted octanol–water partition coefficient (Wildman–Crippen LogP) is -8.89. The summed E-state index contributed by atoms with van der Waals surface area (Å²) < 4.78 is 0. The summed E-state index contributed by atoms with van der Waals surface area (Å²) in [5.74, 6) is -11.6. The number of carbonyl (C=O) groups excluding carboxylic acids is 11. The van der Waals surface area contributed by atoms with Gasteiger partial charge in [-0.3, -0.25) is 52.7 Å². The number of primary amides is 3. The van der Waals surface area contributed by atoms with Crippen molar-refractivity contribution in [1.82, 2.24) is 42.5 Å². The van der Waals surface area contributed by atoms with Crippen molar-refractivity contribution in [3.05, 3.63) is 0 Å². The maximum absolute atomic E-state index is 13.3. The molecule has 0 unspecified atom stereocenters. The molecular weight excluding hydrogens is 802 g/mol. The molecule has 0 aliphatic heterocycles. The van der Waals surface area contributed by atoms with E-state index in [4.69, 9.17) is 33.8 Å². The van der Waals surface area contributed by atoms with Gasteiger partial charge in [0.05, 0.1) is 32.2 Å². The second-order valence-electron chi connectivity index (χ2n) is 13.4. The Morgan fingerprint density at radius 3 is 1.50 bits per heavy atom. The number of carbonyl (C=O) groups is 12. The van der Waals surface area contributed by atoms with Gasteiger partial charge in [-0.05, 0) is 52.5 Å². The van der Waals surface area contributed by atoms with Crippen LogP contribution in [0.2, 0.25) is 0 Å². The molecule has 7 atom stereocenters. The number of aliphatic hydroxyl groups excluding tert-OH is 1. The SMILES string of the molecule is C[C@H](NC(=O)[C@H](CCCCN)NC(=O)[C@H](C)NC(=O)[C@@H](N)CCC(N)=O)C(=O)N[C@@H](CCC(N)=O)C(=O)NCC(=O)NCC(=O)N[C@@H](CO)C(=O)N[C@@H](CC(N)=O)C(=O)O. The van der Waals surface area contributed by atoms with Crippen LogP contribution in [0.5, 0.6) is 0 Å². The van der Waals surface area contributed by atoms with Crippen LogP contribution in [0.3, 0.4) is 0 Å². The minimum atomic E-state index is -1.75. The number of unbranched alkanes of at least 4 members (excludes halogenated alkanes) is 1. The second-order valence-corrected chi connectivity index (χ2v) is 13.4. The lowest BCUT2D eigenvalue weighted by molar-refractivity contribution is -0.144. The maximum Gasteiger partial charge on any atom is 0.326 e. The highest BCUT2D eigenvalue weighted by Crippen LogP contribution is 2.05. The molecule has 60 heavy (non-hydrogen) atoms. The minimum absolute atomic E-state index is 0.0677. The molecule has 0 aromatic rings.